The first-order valence-corrected chi connectivity index (χ1v) is 33.6. The number of amides is 12. The lowest BCUT2D eigenvalue weighted by Gasteiger charge is -2.40. The van der Waals surface area contributed by atoms with Crippen LogP contribution in [0, 0.1) is 29.6 Å². The number of primary amides is 1. The van der Waals surface area contributed by atoms with Gasteiger partial charge in [-0.3, -0.25) is 57.5 Å². The number of benzene rings is 1. The summed E-state index contributed by atoms with van der Waals surface area (Å²) >= 11 is 0. The number of cyclic esters (lactones) is 1. The van der Waals surface area contributed by atoms with E-state index in [1.165, 1.54) is 68.8 Å². The molecule has 0 aliphatic carbocycles. The van der Waals surface area contributed by atoms with E-state index in [-0.39, 0.29) is 18.9 Å². The van der Waals surface area contributed by atoms with Gasteiger partial charge in [-0.2, -0.15) is 0 Å². The van der Waals surface area contributed by atoms with Crippen molar-refractivity contribution in [3.63, 3.8) is 0 Å². The van der Waals surface area contributed by atoms with Gasteiger partial charge in [0.2, 0.25) is 65.0 Å². The molecule has 34 heteroatoms. The van der Waals surface area contributed by atoms with Crippen LogP contribution in [0.1, 0.15) is 120 Å². The minimum atomic E-state index is -2.46. The molecule has 0 radical (unpaired) electrons. The lowest BCUT2D eigenvalue weighted by atomic mass is 9.87. The largest absolute Gasteiger partial charge is 0.497 e. The molecule has 0 spiro atoms. The summed E-state index contributed by atoms with van der Waals surface area (Å²) in [6.45, 7) is 14.8. The first-order valence-electron chi connectivity index (χ1n) is 33.6. The van der Waals surface area contributed by atoms with Crippen molar-refractivity contribution in [2.45, 2.75) is 205 Å². The highest BCUT2D eigenvalue weighted by molar-refractivity contribution is 6.00. The molecule has 0 saturated carbocycles. The maximum absolute atomic E-state index is 15.4. The fraction of sp³-hybridized carbons (Fsp3) is 0.657. The van der Waals surface area contributed by atoms with Crippen LogP contribution in [-0.2, 0) is 76.5 Å². The predicted molar refractivity (Wildman–Crippen MR) is 364 cm³/mol. The zero-order valence-electron chi connectivity index (χ0n) is 60.2. The Hall–Kier alpha value is -8.67. The number of fused-ring (bicyclic) bond motifs is 1. The smallest absolute Gasteiger partial charge is 0.329 e. The number of carbonyl (C=O) groups excluding carboxylic acids is 13. The number of ether oxygens (including phenoxy) is 4. The Bertz CT molecular complexity index is 3090. The summed E-state index contributed by atoms with van der Waals surface area (Å²) in [4.78, 5) is 185. The Morgan fingerprint density at radius 1 is 0.752 bits per heavy atom. The summed E-state index contributed by atoms with van der Waals surface area (Å²) in [7, 11) is 3.83. The average molecular weight is 1430 g/mol. The molecule has 2 fully saturated rings. The van der Waals surface area contributed by atoms with Gasteiger partial charge >= 0.3 is 5.97 Å². The van der Waals surface area contributed by atoms with Crippen LogP contribution < -0.4 is 69.4 Å². The first kappa shape index (κ1) is 86.6. The molecule has 2 aliphatic heterocycles. The Kier molecular flexibility index (Phi) is 34.9. The Labute approximate surface area is 588 Å². The minimum Gasteiger partial charge on any atom is -0.497 e. The van der Waals surface area contributed by atoms with Crippen molar-refractivity contribution >= 4 is 76.9 Å². The lowest BCUT2D eigenvalue weighted by molar-refractivity contribution is -0.168. The molecule has 2 aliphatic rings. The monoisotopic (exact) mass is 1430 g/mol. The molecule has 0 bridgehead atoms. The number of hydrogen-bond donors (Lipinski definition) is 16. The highest BCUT2D eigenvalue weighted by Gasteiger charge is 2.47. The zero-order chi connectivity index (χ0) is 76.5. The van der Waals surface area contributed by atoms with Gasteiger partial charge in [-0.1, -0.05) is 91.3 Å². The molecule has 101 heavy (non-hydrogen) atoms. The Balaban J connectivity index is 2.17. The molecule has 34 nitrogen and oxygen atoms in total. The van der Waals surface area contributed by atoms with E-state index in [2.05, 4.69) is 53.2 Å². The topological polar surface area (TPSA) is 515 Å². The number of nitrogens with one attached hydrogen (secondary N) is 10. The van der Waals surface area contributed by atoms with Crippen molar-refractivity contribution in [3.8, 4) is 5.75 Å². The van der Waals surface area contributed by atoms with E-state index in [1.807, 2.05) is 32.9 Å². The molecule has 1 aromatic rings. The number of piperidine rings is 1. The van der Waals surface area contributed by atoms with Crippen LogP contribution in [-0.4, -0.2) is 240 Å². The van der Waals surface area contributed by atoms with E-state index >= 15 is 19.2 Å². The fourth-order valence-electron chi connectivity index (χ4n) is 10.7. The van der Waals surface area contributed by atoms with Crippen molar-refractivity contribution in [1.29, 1.82) is 0 Å². The Morgan fingerprint density at radius 2 is 1.36 bits per heavy atom. The molecule has 2 heterocycles. The number of aliphatic hydroxyl groups excluding tert-OH is 3. The molecular weight excluding hydrogens is 1320 g/mol. The van der Waals surface area contributed by atoms with Gasteiger partial charge in [0.15, 0.2) is 5.60 Å². The third kappa shape index (κ3) is 25.4. The molecule has 12 amide bonds. The van der Waals surface area contributed by atoms with Crippen LogP contribution >= 0.6 is 0 Å². The summed E-state index contributed by atoms with van der Waals surface area (Å²) in [5, 5.41) is 67.3. The number of rotatable bonds is 29. The molecular formula is C67H107N13O21. The average Bonchev–Trinajstić information content (AvgIpc) is 0.798. The zero-order valence-corrected chi connectivity index (χ0v) is 60.2. The molecule has 2 saturated heterocycles. The summed E-state index contributed by atoms with van der Waals surface area (Å²) in [5.74, 6) is -17.6. The third-order valence-corrected chi connectivity index (χ3v) is 17.6. The van der Waals surface area contributed by atoms with Crippen molar-refractivity contribution in [3.05, 3.63) is 54.1 Å². The van der Waals surface area contributed by atoms with Crippen LogP contribution in [0.25, 0.3) is 0 Å². The van der Waals surface area contributed by atoms with Gasteiger partial charge in [0.05, 0.1) is 39.0 Å². The van der Waals surface area contributed by atoms with Crippen molar-refractivity contribution in [2.75, 3.05) is 47.6 Å². The number of methoxy groups -OCH3 is 3. The van der Waals surface area contributed by atoms with Crippen molar-refractivity contribution in [2.24, 2.45) is 41.1 Å². The maximum Gasteiger partial charge on any atom is 0.329 e. The Morgan fingerprint density at radius 3 is 1.91 bits per heavy atom. The van der Waals surface area contributed by atoms with Crippen molar-refractivity contribution < 1.29 is 102 Å². The third-order valence-electron chi connectivity index (χ3n) is 17.6. The van der Waals surface area contributed by atoms with Crippen LogP contribution in [0.4, 0.5) is 0 Å². The van der Waals surface area contributed by atoms with Crippen LogP contribution in [0.3, 0.4) is 0 Å². The number of hydrogen-bond acceptors (Lipinski definition) is 22. The van der Waals surface area contributed by atoms with Gasteiger partial charge in [0.25, 0.3) is 5.91 Å². The molecule has 20 atom stereocenters. The standard InChI is InChI=1S/C67H107N13O21/c1-16-33(4)20-21-34(5)22-27-45(83)67(12,97)66(96)71-30-47(85)74-50(39(10)81)61(91)76-49(37(8)68)60(90)75-48(35(6)36(7)56(69)86)59(89)78-52-54(32(2)3)101-65(95)44-19-17-18-28-80(44)64(94)53(55(100-15)41-23-25-42(99-14)26-24-41)79-62(92)51(40(11)82)77-57(87)38(9)72-46(84)29-70-58(88)43(31-98-13)73-63(52)93/h20-27,32-40,43-45,48-55,81-83,97H,16-19,28-31,68H2,1-15H3,(H2,69,86)(H,70,88)(H,71,96)(H,72,84)(H,73,93)(H,74,85)(H,75,90)(H,76,91)(H,77,87)(H,78,89)(H,79,92)/b21-20-,27-22-/t33?,34?,35-,36+,37+,38-,39+,40+,43+,44-,45?,48-,49-,50-,51-,52+,53+,54+,55+,67?/m0/s1. The van der Waals surface area contributed by atoms with Gasteiger partial charge < -0.3 is 109 Å². The van der Waals surface area contributed by atoms with Crippen LogP contribution in [0.2, 0.25) is 0 Å². The van der Waals surface area contributed by atoms with E-state index in [4.69, 9.17) is 30.4 Å². The van der Waals surface area contributed by atoms with Gasteiger partial charge in [0, 0.05) is 32.7 Å². The molecule has 1 aromatic carbocycles. The highest BCUT2D eigenvalue weighted by atomic mass is 16.5. The second-order valence-corrected chi connectivity index (χ2v) is 26.3. The minimum absolute atomic E-state index is 0.0762. The number of allylic oxidation sites excluding steroid dienone is 3. The second-order valence-electron chi connectivity index (χ2n) is 26.3. The van der Waals surface area contributed by atoms with Gasteiger partial charge in [-0.15, -0.1) is 0 Å². The molecule has 3 rings (SSSR count). The summed E-state index contributed by atoms with van der Waals surface area (Å²) < 4.78 is 22.7. The van der Waals surface area contributed by atoms with E-state index in [0.29, 0.717) is 30.1 Å². The van der Waals surface area contributed by atoms with E-state index in [9.17, 15) is 63.6 Å². The molecule has 18 N–H and O–H groups in total. The molecule has 4 unspecified atom stereocenters. The number of esters is 1. The molecule has 0 aromatic heterocycles. The van der Waals surface area contributed by atoms with Gasteiger partial charge in [-0.25, -0.2) is 4.79 Å². The number of carbonyl (C=O) groups is 13. The van der Waals surface area contributed by atoms with Crippen molar-refractivity contribution in [1.82, 2.24) is 58.1 Å². The molecule has 566 valence electrons. The number of nitrogens with two attached hydrogens (primary N) is 2. The maximum atomic E-state index is 15.4. The summed E-state index contributed by atoms with van der Waals surface area (Å²) in [5.41, 5.74) is 9.89. The van der Waals surface area contributed by atoms with Gasteiger partial charge in [0.1, 0.15) is 78.4 Å². The SMILES string of the molecule is CCC(C)/C=C\C(C)/C=C\C(O)C(C)(O)C(=O)NCC(=O)N[C@H](C(=O)N[C@H](C(=O)N[C@H](C(=O)N[C@H]1C(=O)N[C@H](COC)C(=O)NCC(=O)N[C@@H](C)C(=O)N[C@@H]([C@@H](C)O)C(=O)N[C@H]([C@H](OC)c2ccc(OC)cc2)C(=O)N2CCCC[C@H]2C(=O)O[C@@H]1C(C)C)[C@@H](C)[C@@H](C)C(N)=O)[C@@H](C)N)[C@@H](C)O. The van der Waals surface area contributed by atoms with Gasteiger partial charge in [-0.05, 0) is 95.2 Å². The first-order chi connectivity index (χ1) is 47.3. The second kappa shape index (κ2) is 40.7. The van der Waals surface area contributed by atoms with E-state index < -0.39 is 211 Å². The normalized spacial score (nSPS) is 24.4. The van der Waals surface area contributed by atoms with Crippen LogP contribution in [0.15, 0.2) is 48.6 Å². The quantitative estimate of drug-likeness (QED) is 0.0268. The van der Waals surface area contributed by atoms with Crippen LogP contribution in [0.5, 0.6) is 5.75 Å². The summed E-state index contributed by atoms with van der Waals surface area (Å²) in [6, 6.07) is -11.1. The fourth-order valence-corrected chi connectivity index (χ4v) is 10.7. The van der Waals surface area contributed by atoms with E-state index in [0.717, 1.165) is 32.3 Å². The lowest BCUT2D eigenvalue weighted by Crippen LogP contribution is -2.66. The summed E-state index contributed by atoms with van der Waals surface area (Å²) in [6.07, 6.45) is -0.0951. The predicted octanol–water partition coefficient (Wildman–Crippen LogP) is -4.10. The number of aliphatic hydroxyl groups is 4. The van der Waals surface area contributed by atoms with E-state index in [1.54, 1.807) is 30.3 Å². The highest BCUT2D eigenvalue weighted by Crippen LogP contribution is 2.29. The number of nitrogens with zero attached hydrogens (tertiary/aromatic N) is 1.